The van der Waals surface area contributed by atoms with Crippen LogP contribution < -0.4 is 11.2 Å². The fourth-order valence-corrected chi connectivity index (χ4v) is 3.62. The van der Waals surface area contributed by atoms with Crippen LogP contribution in [0, 0.1) is 13.8 Å². The molecule has 9 nitrogen and oxygen atoms in total. The minimum atomic E-state index is -0.494. The zero-order chi connectivity index (χ0) is 20.7. The highest BCUT2D eigenvalue weighted by Gasteiger charge is 2.24. The molecular formula is C19H27N5O4. The van der Waals surface area contributed by atoms with Crippen molar-refractivity contribution >= 4 is 22.9 Å². The van der Waals surface area contributed by atoms with Crippen LogP contribution in [0.3, 0.4) is 0 Å². The third-order valence-corrected chi connectivity index (χ3v) is 5.44. The summed E-state index contributed by atoms with van der Waals surface area (Å²) in [4.78, 5) is 42.2. The van der Waals surface area contributed by atoms with Crippen LogP contribution in [0.1, 0.15) is 51.0 Å². The summed E-state index contributed by atoms with van der Waals surface area (Å²) in [5.74, 6) is 0.208. The maximum Gasteiger partial charge on any atom is 0.332 e. The average molecular weight is 389 g/mol. The molecule has 0 aliphatic heterocycles. The lowest BCUT2D eigenvalue weighted by Crippen LogP contribution is -2.40. The molecule has 3 heterocycles. The van der Waals surface area contributed by atoms with Gasteiger partial charge in [0.25, 0.3) is 5.56 Å². The Morgan fingerprint density at radius 2 is 1.86 bits per heavy atom. The van der Waals surface area contributed by atoms with Gasteiger partial charge in [0.2, 0.25) is 5.78 Å². The van der Waals surface area contributed by atoms with Gasteiger partial charge in [-0.25, -0.2) is 4.79 Å². The molecule has 1 atom stereocenters. The molecule has 0 amide bonds. The number of imidazole rings is 2. The van der Waals surface area contributed by atoms with Gasteiger partial charge in [0.1, 0.15) is 0 Å². The van der Waals surface area contributed by atoms with Crippen LogP contribution in [0.25, 0.3) is 16.9 Å². The van der Waals surface area contributed by atoms with Gasteiger partial charge >= 0.3 is 11.7 Å². The molecule has 152 valence electrons. The molecule has 9 heteroatoms. The predicted octanol–water partition coefficient (Wildman–Crippen LogP) is 1.69. The fraction of sp³-hybridized carbons (Fsp3) is 0.579. The Kier molecular flexibility index (Phi) is 5.18. The Morgan fingerprint density at radius 3 is 2.46 bits per heavy atom. The molecule has 28 heavy (non-hydrogen) atoms. The number of esters is 1. The maximum atomic E-state index is 13.2. The van der Waals surface area contributed by atoms with Crippen LogP contribution in [-0.2, 0) is 23.1 Å². The molecule has 3 aromatic rings. The Hall–Kier alpha value is -2.84. The number of aryl methyl sites for hydroxylation is 2. The van der Waals surface area contributed by atoms with Crippen molar-refractivity contribution in [1.82, 2.24) is 23.1 Å². The Labute approximate surface area is 162 Å². The highest BCUT2D eigenvalue weighted by Crippen LogP contribution is 2.25. The summed E-state index contributed by atoms with van der Waals surface area (Å²) < 4.78 is 11.3. The highest BCUT2D eigenvalue weighted by molar-refractivity contribution is 5.76. The number of fused-ring (bicyclic) bond motifs is 3. The number of aromatic nitrogens is 5. The molecule has 3 aromatic heterocycles. The molecule has 0 saturated heterocycles. The number of carbonyl (C=O) groups excluding carboxylic acids is 1. The highest BCUT2D eigenvalue weighted by atomic mass is 16.5. The van der Waals surface area contributed by atoms with Gasteiger partial charge in [-0.05, 0) is 34.1 Å². The summed E-state index contributed by atoms with van der Waals surface area (Å²) in [6.07, 6.45) is 0.874. The summed E-state index contributed by atoms with van der Waals surface area (Å²) >= 11 is 0. The molecular weight excluding hydrogens is 362 g/mol. The molecule has 0 bridgehead atoms. The van der Waals surface area contributed by atoms with Gasteiger partial charge in [-0.3, -0.25) is 23.1 Å². The number of carbonyl (C=O) groups is 1. The van der Waals surface area contributed by atoms with Crippen LogP contribution in [-0.4, -0.2) is 35.7 Å². The first-order valence-electron chi connectivity index (χ1n) is 9.59. The van der Waals surface area contributed by atoms with Crippen LogP contribution in [0.2, 0.25) is 0 Å². The van der Waals surface area contributed by atoms with E-state index in [1.165, 1.54) is 4.57 Å². The Balaban J connectivity index is 2.30. The molecule has 0 aliphatic rings. The molecule has 0 saturated carbocycles. The number of nitrogens with zero attached hydrogens (tertiary/aromatic N) is 5. The van der Waals surface area contributed by atoms with E-state index >= 15 is 0 Å². The second-order valence-corrected chi connectivity index (χ2v) is 7.07. The van der Waals surface area contributed by atoms with Gasteiger partial charge in [0, 0.05) is 31.0 Å². The summed E-state index contributed by atoms with van der Waals surface area (Å²) in [6.45, 7) is 10.1. The van der Waals surface area contributed by atoms with Gasteiger partial charge in [-0.2, -0.15) is 4.98 Å². The van der Waals surface area contributed by atoms with E-state index in [9.17, 15) is 14.4 Å². The van der Waals surface area contributed by atoms with Gasteiger partial charge < -0.3 is 9.30 Å². The Morgan fingerprint density at radius 1 is 1.18 bits per heavy atom. The quantitative estimate of drug-likeness (QED) is 0.598. The van der Waals surface area contributed by atoms with Crippen molar-refractivity contribution in [1.29, 1.82) is 0 Å². The minimum absolute atomic E-state index is 0.0301. The summed E-state index contributed by atoms with van der Waals surface area (Å²) in [5.41, 5.74) is 1.70. The lowest BCUT2D eigenvalue weighted by Gasteiger charge is -2.13. The van der Waals surface area contributed by atoms with E-state index in [-0.39, 0.29) is 25.6 Å². The average Bonchev–Trinajstić information content (AvgIpc) is 3.15. The maximum absolute atomic E-state index is 13.2. The smallest absolute Gasteiger partial charge is 0.332 e. The van der Waals surface area contributed by atoms with Crippen molar-refractivity contribution < 1.29 is 9.53 Å². The molecule has 0 aromatic carbocycles. The SMILES string of the molecule is CCOC(=O)CCn1c(=O)c2c(nc3n([C@H](C)CC)c(C)c(C)n23)n(C)c1=O. The fourth-order valence-electron chi connectivity index (χ4n) is 3.62. The predicted molar refractivity (Wildman–Crippen MR) is 106 cm³/mol. The summed E-state index contributed by atoms with van der Waals surface area (Å²) in [6, 6.07) is 0.205. The minimum Gasteiger partial charge on any atom is -0.466 e. The van der Waals surface area contributed by atoms with Crippen LogP contribution in [0.5, 0.6) is 0 Å². The van der Waals surface area contributed by atoms with E-state index in [0.717, 1.165) is 22.4 Å². The first kappa shape index (κ1) is 19.9. The Bertz CT molecular complexity index is 1180. The van der Waals surface area contributed by atoms with Crippen molar-refractivity contribution in [2.24, 2.45) is 7.05 Å². The first-order valence-corrected chi connectivity index (χ1v) is 9.59. The van der Waals surface area contributed by atoms with E-state index in [2.05, 4.69) is 23.4 Å². The monoisotopic (exact) mass is 389 g/mol. The third kappa shape index (κ3) is 2.85. The number of ether oxygens (including phenoxy) is 1. The second kappa shape index (κ2) is 7.29. The molecule has 0 aliphatic carbocycles. The number of hydrogen-bond acceptors (Lipinski definition) is 5. The molecule has 0 spiro atoms. The van der Waals surface area contributed by atoms with E-state index in [4.69, 9.17) is 4.74 Å². The van der Waals surface area contributed by atoms with Crippen molar-refractivity contribution in [3.63, 3.8) is 0 Å². The van der Waals surface area contributed by atoms with E-state index in [0.29, 0.717) is 16.9 Å². The zero-order valence-corrected chi connectivity index (χ0v) is 17.3. The molecule has 0 radical (unpaired) electrons. The summed E-state index contributed by atoms with van der Waals surface area (Å²) in [7, 11) is 1.59. The van der Waals surface area contributed by atoms with E-state index in [1.807, 2.05) is 18.2 Å². The zero-order valence-electron chi connectivity index (χ0n) is 17.3. The normalized spacial score (nSPS) is 12.8. The second-order valence-electron chi connectivity index (χ2n) is 7.07. The number of rotatable bonds is 6. The number of hydrogen-bond donors (Lipinski definition) is 0. The lowest BCUT2D eigenvalue weighted by molar-refractivity contribution is -0.143. The van der Waals surface area contributed by atoms with Gasteiger partial charge in [0.15, 0.2) is 11.2 Å². The third-order valence-electron chi connectivity index (χ3n) is 5.44. The summed E-state index contributed by atoms with van der Waals surface area (Å²) in [5, 5.41) is 0. The topological polar surface area (TPSA) is 92.5 Å². The van der Waals surface area contributed by atoms with Crippen molar-refractivity contribution in [3.05, 3.63) is 32.2 Å². The van der Waals surface area contributed by atoms with Crippen LogP contribution >= 0.6 is 0 Å². The largest absolute Gasteiger partial charge is 0.466 e. The molecule has 0 fully saturated rings. The van der Waals surface area contributed by atoms with Crippen molar-refractivity contribution in [3.8, 4) is 0 Å². The molecule has 0 N–H and O–H groups in total. The van der Waals surface area contributed by atoms with Gasteiger partial charge in [-0.15, -0.1) is 0 Å². The first-order chi connectivity index (χ1) is 13.2. The van der Waals surface area contributed by atoms with Crippen LogP contribution in [0.4, 0.5) is 0 Å². The van der Waals surface area contributed by atoms with Crippen molar-refractivity contribution in [2.45, 2.75) is 60.0 Å². The molecule has 0 unspecified atom stereocenters. The van der Waals surface area contributed by atoms with E-state index in [1.54, 1.807) is 14.0 Å². The van der Waals surface area contributed by atoms with Crippen LogP contribution in [0.15, 0.2) is 9.59 Å². The molecule has 3 rings (SSSR count). The van der Waals surface area contributed by atoms with Gasteiger partial charge in [0.05, 0.1) is 13.0 Å². The van der Waals surface area contributed by atoms with Gasteiger partial charge in [-0.1, -0.05) is 6.92 Å². The lowest BCUT2D eigenvalue weighted by atomic mass is 10.2. The van der Waals surface area contributed by atoms with E-state index < -0.39 is 17.2 Å². The standard InChI is InChI=1S/C19H27N5O4/c1-7-11(3)23-12(4)13(5)24-15-16(20-18(23)24)21(6)19(27)22(17(15)26)10-9-14(25)28-8-2/h11H,7-10H2,1-6H3/t11-/m1/s1. The van der Waals surface area contributed by atoms with Crippen molar-refractivity contribution in [2.75, 3.05) is 6.61 Å².